The van der Waals surface area contributed by atoms with E-state index in [1.165, 1.54) is 11.2 Å². The minimum absolute atomic E-state index is 0.300. The fourth-order valence-electron chi connectivity index (χ4n) is 1.31. The molecule has 0 saturated heterocycles. The third kappa shape index (κ3) is 3.82. The second-order valence-electron chi connectivity index (χ2n) is 3.68. The highest BCUT2D eigenvalue weighted by Gasteiger charge is 2.19. The zero-order chi connectivity index (χ0) is 12.8. The van der Waals surface area contributed by atoms with E-state index >= 15 is 0 Å². The number of rotatable bonds is 5. The van der Waals surface area contributed by atoms with Crippen LogP contribution in [0.5, 0.6) is 0 Å². The molecule has 0 aliphatic carbocycles. The topological polar surface area (TPSA) is 82.8 Å². The molecule has 0 aromatic carbocycles. The quantitative estimate of drug-likeness (QED) is 0.812. The highest BCUT2D eigenvalue weighted by molar-refractivity contribution is 5.82. The van der Waals surface area contributed by atoms with Gasteiger partial charge >= 0.3 is 12.0 Å². The summed E-state index contributed by atoms with van der Waals surface area (Å²) in [5.41, 5.74) is 0. The lowest BCUT2D eigenvalue weighted by atomic mass is 10.2. The van der Waals surface area contributed by atoms with Crippen molar-refractivity contribution >= 4 is 12.0 Å². The van der Waals surface area contributed by atoms with Crippen molar-refractivity contribution in [3.8, 4) is 0 Å². The van der Waals surface area contributed by atoms with Crippen molar-refractivity contribution in [2.24, 2.45) is 0 Å². The molecule has 1 aromatic rings. The molecular weight excluding hydrogens is 224 g/mol. The van der Waals surface area contributed by atoms with Gasteiger partial charge in [0.2, 0.25) is 0 Å². The predicted octanol–water partition coefficient (Wildman–Crippen LogP) is 1.28. The Morgan fingerprint density at radius 1 is 1.59 bits per heavy atom. The van der Waals surface area contributed by atoms with Crippen LogP contribution in [0, 0.1) is 0 Å². The van der Waals surface area contributed by atoms with Gasteiger partial charge in [0.25, 0.3) is 0 Å². The summed E-state index contributed by atoms with van der Waals surface area (Å²) in [6, 6.07) is 2.18. The molecule has 6 nitrogen and oxygen atoms in total. The Balaban J connectivity index is 2.49. The van der Waals surface area contributed by atoms with Gasteiger partial charge in [-0.25, -0.2) is 9.59 Å². The molecule has 1 atom stereocenters. The zero-order valence-corrected chi connectivity index (χ0v) is 9.84. The van der Waals surface area contributed by atoms with Crippen molar-refractivity contribution in [1.82, 2.24) is 10.2 Å². The molecule has 1 rings (SSSR count). The first-order chi connectivity index (χ1) is 8.04. The number of carboxylic acid groups (broad SMARTS) is 1. The van der Waals surface area contributed by atoms with Crippen molar-refractivity contribution in [2.75, 3.05) is 7.05 Å². The van der Waals surface area contributed by atoms with E-state index in [0.29, 0.717) is 18.7 Å². The smallest absolute Gasteiger partial charge is 0.326 e. The van der Waals surface area contributed by atoms with Crippen LogP contribution < -0.4 is 5.32 Å². The molecule has 17 heavy (non-hydrogen) atoms. The number of nitrogens with zero attached hydrogens (tertiary/aromatic N) is 1. The summed E-state index contributed by atoms with van der Waals surface area (Å²) < 4.78 is 5.10. The van der Waals surface area contributed by atoms with Crippen molar-refractivity contribution in [1.29, 1.82) is 0 Å². The van der Waals surface area contributed by atoms with Gasteiger partial charge < -0.3 is 19.7 Å². The highest BCUT2D eigenvalue weighted by atomic mass is 16.4. The Morgan fingerprint density at radius 3 is 2.76 bits per heavy atom. The number of nitrogens with one attached hydrogen (secondary N) is 1. The monoisotopic (exact) mass is 240 g/mol. The van der Waals surface area contributed by atoms with Crippen LogP contribution in [0.2, 0.25) is 0 Å². The van der Waals surface area contributed by atoms with Gasteiger partial charge in [-0.1, -0.05) is 6.92 Å². The van der Waals surface area contributed by atoms with Crippen LogP contribution in [-0.2, 0) is 11.3 Å². The van der Waals surface area contributed by atoms with Crippen molar-refractivity contribution in [3.05, 3.63) is 24.2 Å². The van der Waals surface area contributed by atoms with Gasteiger partial charge in [-0.3, -0.25) is 0 Å². The van der Waals surface area contributed by atoms with Crippen molar-refractivity contribution in [3.63, 3.8) is 0 Å². The molecule has 0 radical (unpaired) electrons. The van der Waals surface area contributed by atoms with Gasteiger partial charge in [0.05, 0.1) is 12.8 Å². The number of aliphatic carboxylic acids is 1. The van der Waals surface area contributed by atoms with Crippen LogP contribution in [0.1, 0.15) is 19.1 Å². The molecule has 1 aromatic heterocycles. The van der Waals surface area contributed by atoms with E-state index in [4.69, 9.17) is 9.52 Å². The van der Waals surface area contributed by atoms with Gasteiger partial charge in [-0.05, 0) is 18.6 Å². The van der Waals surface area contributed by atoms with Crippen LogP contribution >= 0.6 is 0 Å². The minimum Gasteiger partial charge on any atom is -0.480 e. The number of hydrogen-bond donors (Lipinski definition) is 2. The number of furan rings is 1. The fraction of sp³-hybridized carbons (Fsp3) is 0.455. The van der Waals surface area contributed by atoms with Crippen LogP contribution in [0.15, 0.2) is 22.8 Å². The molecule has 2 N–H and O–H groups in total. The molecule has 0 bridgehead atoms. The zero-order valence-electron chi connectivity index (χ0n) is 9.84. The lowest BCUT2D eigenvalue weighted by molar-refractivity contribution is -0.139. The Hall–Kier alpha value is -1.98. The van der Waals surface area contributed by atoms with Crippen molar-refractivity contribution in [2.45, 2.75) is 25.9 Å². The molecule has 0 aliphatic heterocycles. The maximum absolute atomic E-state index is 11.7. The SMILES string of the molecule is CC[C@H](NC(=O)N(C)Cc1ccco1)C(=O)O. The molecule has 2 amide bonds. The molecule has 0 spiro atoms. The number of carbonyl (C=O) groups excluding carboxylic acids is 1. The third-order valence-electron chi connectivity index (χ3n) is 2.32. The summed E-state index contributed by atoms with van der Waals surface area (Å²) >= 11 is 0. The molecule has 0 aliphatic rings. The lowest BCUT2D eigenvalue weighted by Gasteiger charge is -2.19. The normalized spacial score (nSPS) is 11.9. The van der Waals surface area contributed by atoms with Crippen molar-refractivity contribution < 1.29 is 19.1 Å². The first-order valence-corrected chi connectivity index (χ1v) is 5.31. The van der Waals surface area contributed by atoms with Crippen LogP contribution in [-0.4, -0.2) is 35.1 Å². The Kier molecular flexibility index (Phi) is 4.56. The highest BCUT2D eigenvalue weighted by Crippen LogP contribution is 2.04. The summed E-state index contributed by atoms with van der Waals surface area (Å²) in [5.74, 6) is -0.390. The maximum Gasteiger partial charge on any atom is 0.326 e. The molecular formula is C11H16N2O4. The van der Waals surface area contributed by atoms with Gasteiger partial charge in [0.1, 0.15) is 11.8 Å². The van der Waals surface area contributed by atoms with E-state index in [1.54, 1.807) is 26.1 Å². The summed E-state index contributed by atoms with van der Waals surface area (Å²) in [6.45, 7) is 2.00. The predicted molar refractivity (Wildman–Crippen MR) is 60.4 cm³/mol. The number of carboxylic acids is 1. The molecule has 0 fully saturated rings. The Bertz CT molecular complexity index is 375. The second-order valence-corrected chi connectivity index (χ2v) is 3.68. The third-order valence-corrected chi connectivity index (χ3v) is 2.32. The van der Waals surface area contributed by atoms with Gasteiger partial charge in [0.15, 0.2) is 0 Å². The molecule has 0 saturated carbocycles. The van der Waals surface area contributed by atoms with Crippen LogP contribution in [0.4, 0.5) is 4.79 Å². The number of carbonyl (C=O) groups is 2. The minimum atomic E-state index is -1.03. The van der Waals surface area contributed by atoms with E-state index in [2.05, 4.69) is 5.32 Å². The molecule has 0 unspecified atom stereocenters. The lowest BCUT2D eigenvalue weighted by Crippen LogP contribution is -2.46. The summed E-state index contributed by atoms with van der Waals surface area (Å²) in [6.07, 6.45) is 1.86. The average Bonchev–Trinajstić information content (AvgIpc) is 2.77. The summed E-state index contributed by atoms with van der Waals surface area (Å²) in [4.78, 5) is 23.8. The molecule has 94 valence electrons. The average molecular weight is 240 g/mol. The standard InChI is InChI=1S/C11H16N2O4/c1-3-9(10(14)15)12-11(16)13(2)7-8-5-4-6-17-8/h4-6,9H,3,7H2,1-2H3,(H,12,16)(H,14,15)/t9-/m0/s1. The number of amides is 2. The fourth-order valence-corrected chi connectivity index (χ4v) is 1.31. The maximum atomic E-state index is 11.7. The first-order valence-electron chi connectivity index (χ1n) is 5.31. The van der Waals surface area contributed by atoms with E-state index in [-0.39, 0.29) is 0 Å². The van der Waals surface area contributed by atoms with E-state index in [0.717, 1.165) is 0 Å². The summed E-state index contributed by atoms with van der Waals surface area (Å²) in [5, 5.41) is 11.2. The largest absolute Gasteiger partial charge is 0.480 e. The number of urea groups is 1. The van der Waals surface area contributed by atoms with E-state index < -0.39 is 18.0 Å². The number of hydrogen-bond acceptors (Lipinski definition) is 3. The first kappa shape index (κ1) is 13.1. The summed E-state index contributed by atoms with van der Waals surface area (Å²) in [7, 11) is 1.58. The van der Waals surface area contributed by atoms with Gasteiger partial charge in [-0.2, -0.15) is 0 Å². The van der Waals surface area contributed by atoms with Gasteiger partial charge in [0, 0.05) is 7.05 Å². The van der Waals surface area contributed by atoms with Crippen LogP contribution in [0.3, 0.4) is 0 Å². The van der Waals surface area contributed by atoms with Gasteiger partial charge in [-0.15, -0.1) is 0 Å². The van der Waals surface area contributed by atoms with E-state index in [1.807, 2.05) is 0 Å². The van der Waals surface area contributed by atoms with Crippen LogP contribution in [0.25, 0.3) is 0 Å². The van der Waals surface area contributed by atoms with E-state index in [9.17, 15) is 9.59 Å². The molecule has 1 heterocycles. The Morgan fingerprint density at radius 2 is 2.29 bits per heavy atom. The second kappa shape index (κ2) is 5.93. The Labute approximate surface area is 99.2 Å². The molecule has 6 heteroatoms.